The fourth-order valence-corrected chi connectivity index (χ4v) is 5.28. The number of aromatic nitrogens is 2. The summed E-state index contributed by atoms with van der Waals surface area (Å²) in [4.78, 5) is 18.5. The minimum absolute atomic E-state index is 0.0574. The van der Waals surface area contributed by atoms with E-state index in [0.717, 1.165) is 18.4 Å². The molecule has 0 aliphatic heterocycles. The number of halogens is 1. The molecule has 0 unspecified atom stereocenters. The smallest absolute Gasteiger partial charge is 0.226 e. The molecule has 1 aromatic heterocycles. The molecule has 1 amide bonds. The van der Waals surface area contributed by atoms with Gasteiger partial charge in [-0.2, -0.15) is 4.98 Å². The van der Waals surface area contributed by atoms with E-state index in [1.54, 1.807) is 24.1 Å². The van der Waals surface area contributed by atoms with Gasteiger partial charge in [0.25, 0.3) is 0 Å². The predicted molar refractivity (Wildman–Crippen MR) is 107 cm³/mol. The van der Waals surface area contributed by atoms with E-state index in [1.807, 2.05) is 12.1 Å². The lowest BCUT2D eigenvalue weighted by Crippen LogP contribution is -2.44. The van der Waals surface area contributed by atoms with E-state index in [9.17, 15) is 13.2 Å². The normalized spacial score (nSPS) is 19.7. The van der Waals surface area contributed by atoms with Crippen LogP contribution in [0.2, 0.25) is 5.02 Å². The van der Waals surface area contributed by atoms with Crippen molar-refractivity contribution in [1.29, 1.82) is 0 Å². The van der Waals surface area contributed by atoms with Crippen LogP contribution in [0.25, 0.3) is 11.4 Å². The second kappa shape index (κ2) is 8.61. The molecule has 1 heterocycles. The number of hydrogen-bond acceptors (Lipinski definition) is 6. The van der Waals surface area contributed by atoms with E-state index in [1.165, 1.54) is 6.26 Å². The number of benzene rings is 1. The van der Waals surface area contributed by atoms with Crippen molar-refractivity contribution in [3.05, 3.63) is 35.2 Å². The Kier molecular flexibility index (Phi) is 6.40. The Balaban J connectivity index is 1.52. The minimum atomic E-state index is -3.16. The number of rotatable bonds is 7. The second-order valence-corrected chi connectivity index (χ2v) is 9.94. The van der Waals surface area contributed by atoms with Crippen LogP contribution in [0.4, 0.5) is 0 Å². The number of amides is 1. The van der Waals surface area contributed by atoms with Crippen LogP contribution >= 0.6 is 11.6 Å². The third-order valence-electron chi connectivity index (χ3n) is 5.21. The van der Waals surface area contributed by atoms with Gasteiger partial charge in [0, 0.05) is 42.8 Å². The molecule has 9 heteroatoms. The van der Waals surface area contributed by atoms with Crippen LogP contribution in [0.1, 0.15) is 38.0 Å². The fourth-order valence-electron chi connectivity index (χ4n) is 3.67. The molecule has 2 atom stereocenters. The van der Waals surface area contributed by atoms with Crippen molar-refractivity contribution < 1.29 is 17.7 Å². The van der Waals surface area contributed by atoms with Gasteiger partial charge in [0.15, 0.2) is 9.84 Å². The summed E-state index contributed by atoms with van der Waals surface area (Å²) < 4.78 is 29.1. The van der Waals surface area contributed by atoms with Crippen molar-refractivity contribution in [1.82, 2.24) is 15.0 Å². The topological polar surface area (TPSA) is 93.4 Å². The molecule has 0 saturated heterocycles. The minimum Gasteiger partial charge on any atom is -0.341 e. The van der Waals surface area contributed by atoms with Gasteiger partial charge in [0.2, 0.25) is 17.6 Å². The molecule has 7 nitrogen and oxygen atoms in total. The van der Waals surface area contributed by atoms with Gasteiger partial charge in [-0.1, -0.05) is 16.8 Å². The van der Waals surface area contributed by atoms with Crippen molar-refractivity contribution >= 4 is 27.3 Å². The maximum Gasteiger partial charge on any atom is 0.226 e. The molecule has 152 valence electrons. The molecular formula is C19H24ClN3O4S. The van der Waals surface area contributed by atoms with Crippen molar-refractivity contribution in [2.45, 2.75) is 49.8 Å². The van der Waals surface area contributed by atoms with Crippen molar-refractivity contribution in [2.75, 3.05) is 13.3 Å². The molecule has 0 bridgehead atoms. The Morgan fingerprint density at radius 1 is 1.29 bits per heavy atom. The van der Waals surface area contributed by atoms with Crippen molar-refractivity contribution in [3.8, 4) is 11.4 Å². The summed E-state index contributed by atoms with van der Waals surface area (Å²) in [5.41, 5.74) is 0.809. The Labute approximate surface area is 170 Å². The van der Waals surface area contributed by atoms with Crippen LogP contribution in [0.5, 0.6) is 0 Å². The zero-order valence-electron chi connectivity index (χ0n) is 16.0. The maximum atomic E-state index is 12.5. The highest BCUT2D eigenvalue weighted by molar-refractivity contribution is 7.91. The number of carbonyl (C=O) groups excluding carboxylic acids is 1. The quantitative estimate of drug-likeness (QED) is 0.676. The number of sulfone groups is 1. The van der Waals surface area contributed by atoms with Crippen LogP contribution in [0.15, 0.2) is 28.8 Å². The van der Waals surface area contributed by atoms with Crippen molar-refractivity contribution in [2.24, 2.45) is 0 Å². The first-order chi connectivity index (χ1) is 13.3. The highest BCUT2D eigenvalue weighted by Crippen LogP contribution is 2.29. The summed E-state index contributed by atoms with van der Waals surface area (Å²) >= 11 is 5.88. The average Bonchev–Trinajstić information content (AvgIpc) is 3.31. The Hall–Kier alpha value is -1.93. The van der Waals surface area contributed by atoms with Crippen LogP contribution in [0.3, 0.4) is 0 Å². The third kappa shape index (κ3) is 4.91. The first kappa shape index (κ1) is 20.8. The summed E-state index contributed by atoms with van der Waals surface area (Å²) in [7, 11) is -1.46. The molecule has 28 heavy (non-hydrogen) atoms. The summed E-state index contributed by atoms with van der Waals surface area (Å²) in [5.74, 6) is 0.894. The van der Waals surface area contributed by atoms with E-state index in [2.05, 4.69) is 10.1 Å². The van der Waals surface area contributed by atoms with Gasteiger partial charge in [0.1, 0.15) is 0 Å². The first-order valence-corrected chi connectivity index (χ1v) is 11.6. The summed E-state index contributed by atoms with van der Waals surface area (Å²) in [6.45, 7) is 0. The Bertz CT molecular complexity index is 927. The van der Waals surface area contributed by atoms with Gasteiger partial charge >= 0.3 is 0 Å². The highest BCUT2D eigenvalue weighted by Gasteiger charge is 2.38. The lowest BCUT2D eigenvalue weighted by atomic mass is 10.1. The lowest BCUT2D eigenvalue weighted by Gasteiger charge is -2.29. The number of aryl methyl sites for hydroxylation is 1. The molecule has 0 N–H and O–H groups in total. The van der Waals surface area contributed by atoms with Crippen LogP contribution < -0.4 is 0 Å². The number of carbonyl (C=O) groups is 1. The fraction of sp³-hybridized carbons (Fsp3) is 0.526. The van der Waals surface area contributed by atoms with Crippen molar-refractivity contribution in [3.63, 3.8) is 0 Å². The number of hydrogen-bond donors (Lipinski definition) is 0. The van der Waals surface area contributed by atoms with E-state index in [4.69, 9.17) is 16.1 Å². The predicted octanol–water partition coefficient (Wildman–Crippen LogP) is 3.14. The van der Waals surface area contributed by atoms with Gasteiger partial charge in [-0.15, -0.1) is 0 Å². The van der Waals surface area contributed by atoms with Gasteiger partial charge < -0.3 is 9.42 Å². The zero-order chi connectivity index (χ0) is 20.3. The van der Waals surface area contributed by atoms with E-state index >= 15 is 0 Å². The largest absolute Gasteiger partial charge is 0.341 e. The maximum absolute atomic E-state index is 12.5. The van der Waals surface area contributed by atoms with Crippen LogP contribution in [-0.2, 0) is 21.1 Å². The highest BCUT2D eigenvalue weighted by atomic mass is 35.5. The molecule has 1 fully saturated rings. The molecule has 0 spiro atoms. The van der Waals surface area contributed by atoms with Gasteiger partial charge in [-0.05, 0) is 49.9 Å². The molecule has 1 aromatic carbocycles. The second-order valence-electron chi connectivity index (χ2n) is 7.24. The third-order valence-corrected chi connectivity index (χ3v) is 7.11. The first-order valence-electron chi connectivity index (χ1n) is 9.29. The van der Waals surface area contributed by atoms with E-state index < -0.39 is 15.1 Å². The van der Waals surface area contributed by atoms with Crippen LogP contribution in [0, 0.1) is 0 Å². The Morgan fingerprint density at radius 2 is 2.00 bits per heavy atom. The van der Waals surface area contributed by atoms with Gasteiger partial charge in [0.05, 0.1) is 5.25 Å². The number of nitrogens with zero attached hydrogens (tertiary/aromatic N) is 3. The van der Waals surface area contributed by atoms with E-state index in [0.29, 0.717) is 42.4 Å². The summed E-state index contributed by atoms with van der Waals surface area (Å²) in [6, 6.07) is 6.91. The molecule has 1 aliphatic carbocycles. The summed E-state index contributed by atoms with van der Waals surface area (Å²) in [6.07, 6.45) is 4.78. The molecule has 1 aliphatic rings. The SMILES string of the molecule is CN(C(=O)CCCc1nc(-c2ccc(Cl)cc2)no1)[C@@H]1CCC[C@H]1S(C)(=O)=O. The van der Waals surface area contributed by atoms with E-state index in [-0.39, 0.29) is 11.9 Å². The molecule has 1 saturated carbocycles. The standard InChI is InChI=1S/C19H24ClN3O4S/c1-23(15-5-3-6-16(15)28(2,25)26)18(24)8-4-7-17-21-19(22-27-17)13-9-11-14(20)12-10-13/h9-12,15-16H,3-8H2,1-2H3/t15-,16-/m1/s1. The van der Waals surface area contributed by atoms with Gasteiger partial charge in [-0.3, -0.25) is 4.79 Å². The summed E-state index contributed by atoms with van der Waals surface area (Å²) in [5, 5.41) is 4.13. The molecular weight excluding hydrogens is 402 g/mol. The molecule has 3 rings (SSSR count). The average molecular weight is 426 g/mol. The van der Waals surface area contributed by atoms with Gasteiger partial charge in [-0.25, -0.2) is 8.42 Å². The monoisotopic (exact) mass is 425 g/mol. The van der Waals surface area contributed by atoms with Crippen LogP contribution in [-0.4, -0.2) is 54.0 Å². The molecule has 0 radical (unpaired) electrons. The molecule has 2 aromatic rings. The lowest BCUT2D eigenvalue weighted by molar-refractivity contribution is -0.131. The Morgan fingerprint density at radius 3 is 2.68 bits per heavy atom. The zero-order valence-corrected chi connectivity index (χ0v) is 17.5.